The summed E-state index contributed by atoms with van der Waals surface area (Å²) in [6, 6.07) is 6.37. The monoisotopic (exact) mass is 338 g/mol. The Morgan fingerprint density at radius 2 is 2.18 bits per heavy atom. The van der Waals surface area contributed by atoms with Crippen LogP contribution in [-0.4, -0.2) is 25.5 Å². The third kappa shape index (κ3) is 2.82. The van der Waals surface area contributed by atoms with E-state index in [0.717, 1.165) is 11.8 Å². The van der Waals surface area contributed by atoms with Crippen LogP contribution >= 0.6 is 11.6 Å². The molecular formula is C13H12BClN2O4S. The molecule has 9 heteroatoms. The molecule has 1 aliphatic rings. The van der Waals surface area contributed by atoms with Crippen molar-refractivity contribution in [2.24, 2.45) is 0 Å². The summed E-state index contributed by atoms with van der Waals surface area (Å²) in [5, 5.41) is 9.72. The average Bonchev–Trinajstić information content (AvgIpc) is 2.79. The zero-order valence-electron chi connectivity index (χ0n) is 11.4. The number of fused-ring (bicyclic) bond motifs is 1. The van der Waals surface area contributed by atoms with E-state index < -0.39 is 17.0 Å². The molecule has 0 spiro atoms. The number of benzene rings is 1. The van der Waals surface area contributed by atoms with E-state index in [1.165, 1.54) is 6.07 Å². The first-order valence-corrected chi connectivity index (χ1v) is 8.45. The highest BCUT2D eigenvalue weighted by molar-refractivity contribution is 7.90. The Bertz CT molecular complexity index is 844. The number of anilines is 1. The number of nitrogens with zero attached hydrogens (tertiary/aromatic N) is 1. The van der Waals surface area contributed by atoms with Crippen LogP contribution < -0.4 is 11.2 Å². The summed E-state index contributed by atoms with van der Waals surface area (Å²) < 4.78 is 30.0. The second-order valence-electron chi connectivity index (χ2n) is 5.00. The third-order valence-electron chi connectivity index (χ3n) is 3.41. The van der Waals surface area contributed by atoms with Crippen molar-refractivity contribution in [1.29, 1.82) is 0 Å². The maximum atomic E-state index is 12.5. The summed E-state index contributed by atoms with van der Waals surface area (Å²) >= 11 is 5.94. The van der Waals surface area contributed by atoms with E-state index in [2.05, 4.69) is 4.98 Å². The van der Waals surface area contributed by atoms with Gasteiger partial charge in [-0.3, -0.25) is 0 Å². The highest BCUT2D eigenvalue weighted by atomic mass is 35.5. The summed E-state index contributed by atoms with van der Waals surface area (Å²) in [6.45, 7) is 0.317. The minimum Gasteiger partial charge on any atom is -0.423 e. The lowest BCUT2D eigenvalue weighted by Crippen LogP contribution is -2.28. The first-order chi connectivity index (χ1) is 10.4. The predicted octanol–water partition coefficient (Wildman–Crippen LogP) is 0.509. The molecule has 1 aromatic heterocycles. The minimum absolute atomic E-state index is 0.0389. The Kier molecular flexibility index (Phi) is 3.86. The number of sulfone groups is 1. The van der Waals surface area contributed by atoms with Crippen molar-refractivity contribution in [3.8, 4) is 0 Å². The van der Waals surface area contributed by atoms with Gasteiger partial charge in [-0.05, 0) is 16.6 Å². The lowest BCUT2D eigenvalue weighted by atomic mass is 9.79. The van der Waals surface area contributed by atoms with Crippen molar-refractivity contribution in [1.82, 2.24) is 4.98 Å². The van der Waals surface area contributed by atoms with Gasteiger partial charge in [0.25, 0.3) is 0 Å². The van der Waals surface area contributed by atoms with Gasteiger partial charge in [0.1, 0.15) is 10.7 Å². The number of nitrogens with two attached hydrogens (primary N) is 1. The fourth-order valence-corrected chi connectivity index (χ4v) is 4.17. The molecule has 0 aliphatic carbocycles. The zero-order chi connectivity index (χ0) is 15.9. The number of halogens is 1. The fourth-order valence-electron chi connectivity index (χ4n) is 2.31. The molecule has 0 fully saturated rings. The lowest BCUT2D eigenvalue weighted by Gasteiger charge is -2.08. The van der Waals surface area contributed by atoms with E-state index in [-0.39, 0.29) is 21.5 Å². The van der Waals surface area contributed by atoms with Crippen LogP contribution in [0.3, 0.4) is 0 Å². The van der Waals surface area contributed by atoms with Crippen molar-refractivity contribution in [3.05, 3.63) is 46.6 Å². The third-order valence-corrected chi connectivity index (χ3v) is 5.54. The minimum atomic E-state index is -3.67. The quantitative estimate of drug-likeness (QED) is 0.791. The van der Waals surface area contributed by atoms with E-state index >= 15 is 0 Å². The number of rotatable bonds is 3. The molecule has 3 rings (SSSR count). The number of nitrogen functional groups attached to an aromatic ring is 1. The SMILES string of the molecule is Nc1cc(Cl)c(S(=O)(=O)Cc2ccc3c(c2)B(O)OC3)cn1. The van der Waals surface area contributed by atoms with E-state index in [1.807, 2.05) is 0 Å². The molecule has 2 aromatic rings. The molecule has 0 radical (unpaired) electrons. The van der Waals surface area contributed by atoms with Gasteiger partial charge in [0.2, 0.25) is 0 Å². The van der Waals surface area contributed by atoms with Crippen LogP contribution in [-0.2, 0) is 26.9 Å². The second kappa shape index (κ2) is 5.55. The standard InChI is InChI=1S/C13H12BClN2O4S/c15-11-4-13(16)17-5-12(11)22(19,20)7-8-1-2-9-6-21-14(18)10(9)3-8/h1-5,18H,6-7H2,(H2,16,17). The molecule has 6 nitrogen and oxygen atoms in total. The van der Waals surface area contributed by atoms with Gasteiger partial charge in [0.15, 0.2) is 9.84 Å². The Morgan fingerprint density at radius 1 is 1.41 bits per heavy atom. The Morgan fingerprint density at radius 3 is 2.91 bits per heavy atom. The van der Waals surface area contributed by atoms with E-state index in [4.69, 9.17) is 22.0 Å². The van der Waals surface area contributed by atoms with Crippen LogP contribution in [0.5, 0.6) is 0 Å². The Hall–Kier alpha value is -1.61. The highest BCUT2D eigenvalue weighted by Gasteiger charge is 2.28. The summed E-state index contributed by atoms with van der Waals surface area (Å²) in [5.74, 6) is -0.0973. The molecule has 0 unspecified atom stereocenters. The van der Waals surface area contributed by atoms with Gasteiger partial charge in [0.05, 0.1) is 17.4 Å². The number of hydrogen-bond donors (Lipinski definition) is 2. The van der Waals surface area contributed by atoms with Crippen LogP contribution in [0, 0.1) is 0 Å². The molecule has 1 aromatic carbocycles. The highest BCUT2D eigenvalue weighted by Crippen LogP contribution is 2.25. The van der Waals surface area contributed by atoms with Gasteiger partial charge < -0.3 is 15.4 Å². The fraction of sp³-hybridized carbons (Fsp3) is 0.154. The molecule has 0 saturated heterocycles. The molecule has 0 saturated carbocycles. The van der Waals surface area contributed by atoms with Crippen LogP contribution in [0.25, 0.3) is 0 Å². The van der Waals surface area contributed by atoms with Crippen molar-refractivity contribution in [2.45, 2.75) is 17.3 Å². The maximum Gasteiger partial charge on any atom is 0.491 e. The molecule has 114 valence electrons. The topological polar surface area (TPSA) is 103 Å². The van der Waals surface area contributed by atoms with Crippen molar-refractivity contribution in [3.63, 3.8) is 0 Å². The average molecular weight is 339 g/mol. The van der Waals surface area contributed by atoms with Crippen molar-refractivity contribution < 1.29 is 18.1 Å². The van der Waals surface area contributed by atoms with Crippen molar-refractivity contribution in [2.75, 3.05) is 5.73 Å². The molecular weight excluding hydrogens is 326 g/mol. The normalized spacial score (nSPS) is 14.2. The Labute approximate surface area is 133 Å². The summed E-state index contributed by atoms with van der Waals surface area (Å²) in [5.41, 5.74) is 7.45. The summed E-state index contributed by atoms with van der Waals surface area (Å²) in [7, 11) is -4.68. The second-order valence-corrected chi connectivity index (χ2v) is 7.36. The van der Waals surface area contributed by atoms with E-state index in [0.29, 0.717) is 17.6 Å². The van der Waals surface area contributed by atoms with Gasteiger partial charge in [-0.2, -0.15) is 0 Å². The van der Waals surface area contributed by atoms with Gasteiger partial charge >= 0.3 is 7.12 Å². The van der Waals surface area contributed by atoms with Crippen molar-refractivity contribution >= 4 is 39.8 Å². The van der Waals surface area contributed by atoms with Crippen LogP contribution in [0.4, 0.5) is 5.82 Å². The number of hydrogen-bond acceptors (Lipinski definition) is 6. The number of pyridine rings is 1. The smallest absolute Gasteiger partial charge is 0.423 e. The Balaban J connectivity index is 1.93. The molecule has 0 atom stereocenters. The zero-order valence-corrected chi connectivity index (χ0v) is 12.9. The van der Waals surface area contributed by atoms with Crippen LogP contribution in [0.2, 0.25) is 5.02 Å². The summed E-state index contributed by atoms with van der Waals surface area (Å²) in [6.07, 6.45) is 1.15. The number of aromatic nitrogens is 1. The lowest BCUT2D eigenvalue weighted by molar-refractivity contribution is 0.275. The van der Waals surface area contributed by atoms with Gasteiger partial charge in [-0.25, -0.2) is 13.4 Å². The first-order valence-electron chi connectivity index (χ1n) is 6.42. The predicted molar refractivity (Wildman–Crippen MR) is 83.4 cm³/mol. The summed E-state index contributed by atoms with van der Waals surface area (Å²) in [4.78, 5) is 3.70. The largest absolute Gasteiger partial charge is 0.491 e. The first kappa shape index (κ1) is 15.3. The molecule has 3 N–H and O–H groups in total. The van der Waals surface area contributed by atoms with Gasteiger partial charge in [-0.15, -0.1) is 0 Å². The molecule has 22 heavy (non-hydrogen) atoms. The van der Waals surface area contributed by atoms with Gasteiger partial charge in [-0.1, -0.05) is 29.8 Å². The molecule has 0 amide bonds. The molecule has 0 bridgehead atoms. The molecule has 2 heterocycles. The van der Waals surface area contributed by atoms with E-state index in [9.17, 15) is 13.4 Å². The molecule has 1 aliphatic heterocycles. The van der Waals surface area contributed by atoms with Crippen LogP contribution in [0.15, 0.2) is 35.4 Å². The van der Waals surface area contributed by atoms with Crippen LogP contribution in [0.1, 0.15) is 11.1 Å². The van der Waals surface area contributed by atoms with Gasteiger partial charge in [0, 0.05) is 12.3 Å². The maximum absolute atomic E-state index is 12.5. The van der Waals surface area contributed by atoms with E-state index in [1.54, 1.807) is 18.2 Å².